The molecule has 0 saturated carbocycles. The monoisotopic (exact) mass is 264 g/mol. The zero-order chi connectivity index (χ0) is 14.3. The number of nitrogens with zero attached hydrogens (tertiary/aromatic N) is 1. The zero-order valence-electron chi connectivity index (χ0n) is 12.8. The van der Waals surface area contributed by atoms with Crippen molar-refractivity contribution < 1.29 is 4.74 Å². The van der Waals surface area contributed by atoms with Gasteiger partial charge in [-0.05, 0) is 24.1 Å². The quantitative estimate of drug-likeness (QED) is 0.730. The number of rotatable bonds is 8. The van der Waals surface area contributed by atoms with Gasteiger partial charge in [0.15, 0.2) is 0 Å². The average Bonchev–Trinajstić information content (AvgIpc) is 2.44. The molecule has 0 heterocycles. The minimum atomic E-state index is 0.777. The van der Waals surface area contributed by atoms with Gasteiger partial charge in [-0.15, -0.1) is 0 Å². The molecule has 108 valence electrons. The smallest absolute Gasteiger partial charge is 0.120 e. The van der Waals surface area contributed by atoms with E-state index in [0.717, 1.165) is 37.0 Å². The van der Waals surface area contributed by atoms with Gasteiger partial charge in [-0.1, -0.05) is 39.7 Å². The van der Waals surface area contributed by atoms with E-state index in [1.54, 1.807) is 7.11 Å². The Morgan fingerprint density at radius 3 is 2.37 bits per heavy atom. The van der Waals surface area contributed by atoms with Crippen LogP contribution in [-0.4, -0.2) is 25.1 Å². The highest BCUT2D eigenvalue weighted by Gasteiger charge is 2.12. The second kappa shape index (κ2) is 8.05. The fourth-order valence-corrected chi connectivity index (χ4v) is 2.30. The van der Waals surface area contributed by atoms with Crippen LogP contribution in [0.25, 0.3) is 0 Å². The van der Waals surface area contributed by atoms with Crippen LogP contribution >= 0.6 is 0 Å². The summed E-state index contributed by atoms with van der Waals surface area (Å²) in [5.41, 5.74) is 8.10. The summed E-state index contributed by atoms with van der Waals surface area (Å²) in [4.78, 5) is 2.47. The zero-order valence-corrected chi connectivity index (χ0v) is 12.8. The van der Waals surface area contributed by atoms with Crippen molar-refractivity contribution in [1.29, 1.82) is 0 Å². The molecule has 0 atom stereocenters. The van der Waals surface area contributed by atoms with E-state index in [4.69, 9.17) is 10.5 Å². The second-order valence-electron chi connectivity index (χ2n) is 5.08. The average molecular weight is 264 g/mol. The van der Waals surface area contributed by atoms with Crippen LogP contribution in [0.3, 0.4) is 0 Å². The van der Waals surface area contributed by atoms with Crippen molar-refractivity contribution >= 4 is 5.69 Å². The number of anilines is 1. The lowest BCUT2D eigenvalue weighted by atomic mass is 10.0. The van der Waals surface area contributed by atoms with Gasteiger partial charge >= 0.3 is 0 Å². The van der Waals surface area contributed by atoms with Crippen LogP contribution in [0, 0.1) is 5.92 Å². The summed E-state index contributed by atoms with van der Waals surface area (Å²) in [6.07, 6.45) is 2.48. The Kier molecular flexibility index (Phi) is 6.71. The van der Waals surface area contributed by atoms with Crippen LogP contribution in [0.4, 0.5) is 5.69 Å². The highest BCUT2D eigenvalue weighted by Crippen LogP contribution is 2.21. The van der Waals surface area contributed by atoms with Crippen LogP contribution in [0.1, 0.15) is 39.2 Å². The minimum absolute atomic E-state index is 0.777. The van der Waals surface area contributed by atoms with E-state index in [-0.39, 0.29) is 0 Å². The van der Waals surface area contributed by atoms with E-state index >= 15 is 0 Å². The van der Waals surface area contributed by atoms with Gasteiger partial charge in [-0.2, -0.15) is 0 Å². The lowest BCUT2D eigenvalue weighted by Gasteiger charge is -2.25. The van der Waals surface area contributed by atoms with Crippen molar-refractivity contribution in [2.24, 2.45) is 5.92 Å². The number of nitrogens with two attached hydrogens (primary N) is 1. The number of methoxy groups -OCH3 is 1. The van der Waals surface area contributed by atoms with Gasteiger partial charge in [0, 0.05) is 24.8 Å². The molecule has 0 aliphatic rings. The molecule has 0 aromatic heterocycles. The number of hydrogen-bond donors (Lipinski definition) is 1. The first-order valence-electron chi connectivity index (χ1n) is 7.29. The Balaban J connectivity index is 2.70. The first-order chi connectivity index (χ1) is 9.14. The summed E-state index contributed by atoms with van der Waals surface area (Å²) in [6.45, 7) is 9.87. The maximum atomic E-state index is 6.09. The molecule has 0 fully saturated rings. The summed E-state index contributed by atoms with van der Waals surface area (Å²) >= 11 is 0. The van der Waals surface area contributed by atoms with Gasteiger partial charge in [-0.3, -0.25) is 4.90 Å². The van der Waals surface area contributed by atoms with Crippen molar-refractivity contribution in [1.82, 2.24) is 4.90 Å². The van der Waals surface area contributed by atoms with Gasteiger partial charge < -0.3 is 10.5 Å². The normalized spacial score (nSPS) is 11.3. The fourth-order valence-electron chi connectivity index (χ4n) is 2.30. The Labute approximate surface area is 117 Å². The largest absolute Gasteiger partial charge is 0.497 e. The number of ether oxygens (including phenoxy) is 1. The molecule has 0 aliphatic carbocycles. The molecule has 3 nitrogen and oxygen atoms in total. The fraction of sp³-hybridized carbons (Fsp3) is 0.625. The van der Waals surface area contributed by atoms with E-state index in [2.05, 4.69) is 31.7 Å². The van der Waals surface area contributed by atoms with Gasteiger partial charge in [0.05, 0.1) is 7.11 Å². The van der Waals surface area contributed by atoms with Crippen molar-refractivity contribution in [3.05, 3.63) is 23.8 Å². The molecule has 0 bridgehead atoms. The van der Waals surface area contributed by atoms with Crippen LogP contribution in [0.5, 0.6) is 5.75 Å². The Morgan fingerprint density at radius 2 is 1.89 bits per heavy atom. The Morgan fingerprint density at radius 1 is 1.21 bits per heavy atom. The number of nitrogen functional groups attached to an aromatic ring is 1. The highest BCUT2D eigenvalue weighted by molar-refractivity contribution is 5.51. The molecule has 0 saturated heterocycles. The van der Waals surface area contributed by atoms with E-state index in [9.17, 15) is 0 Å². The third-order valence-electron chi connectivity index (χ3n) is 3.87. The third-order valence-corrected chi connectivity index (χ3v) is 3.87. The number of hydrogen-bond acceptors (Lipinski definition) is 3. The third kappa shape index (κ3) is 4.75. The van der Waals surface area contributed by atoms with Crippen molar-refractivity contribution in [3.8, 4) is 5.75 Å². The molecular weight excluding hydrogens is 236 g/mol. The van der Waals surface area contributed by atoms with Gasteiger partial charge in [0.1, 0.15) is 5.75 Å². The van der Waals surface area contributed by atoms with Crippen LogP contribution in [0.15, 0.2) is 18.2 Å². The summed E-state index contributed by atoms with van der Waals surface area (Å²) in [5.74, 6) is 1.60. The van der Waals surface area contributed by atoms with E-state index in [1.807, 2.05) is 12.1 Å². The predicted octanol–water partition coefficient (Wildman–Crippen LogP) is 3.54. The molecule has 0 radical (unpaired) electrons. The standard InChI is InChI=1S/C16H28N2O/c1-5-13(6-2)11-18(7-3)12-14-8-9-15(19-4)10-16(14)17/h8-10,13H,5-7,11-12,17H2,1-4H3. The molecule has 1 rings (SSSR count). The Bertz CT molecular complexity index is 375. The lowest BCUT2D eigenvalue weighted by Crippen LogP contribution is -2.29. The summed E-state index contributed by atoms with van der Waals surface area (Å²) in [7, 11) is 1.67. The second-order valence-corrected chi connectivity index (χ2v) is 5.08. The first kappa shape index (κ1) is 15.8. The molecule has 0 aliphatic heterocycles. The highest BCUT2D eigenvalue weighted by atomic mass is 16.5. The summed E-state index contributed by atoms with van der Waals surface area (Å²) < 4.78 is 5.19. The first-order valence-corrected chi connectivity index (χ1v) is 7.29. The van der Waals surface area contributed by atoms with Crippen LogP contribution in [-0.2, 0) is 6.54 Å². The molecule has 1 aromatic rings. The molecule has 0 spiro atoms. The van der Waals surface area contributed by atoms with E-state index in [1.165, 1.54) is 18.4 Å². The molecule has 19 heavy (non-hydrogen) atoms. The molecule has 3 heteroatoms. The molecule has 1 aromatic carbocycles. The van der Waals surface area contributed by atoms with Crippen molar-refractivity contribution in [3.63, 3.8) is 0 Å². The molecule has 0 amide bonds. The molecular formula is C16H28N2O. The van der Waals surface area contributed by atoms with Gasteiger partial charge in [0.2, 0.25) is 0 Å². The molecule has 0 unspecified atom stereocenters. The SMILES string of the molecule is CCC(CC)CN(CC)Cc1ccc(OC)cc1N. The van der Waals surface area contributed by atoms with Crippen LogP contribution in [0.2, 0.25) is 0 Å². The topological polar surface area (TPSA) is 38.5 Å². The van der Waals surface area contributed by atoms with Gasteiger partial charge in [-0.25, -0.2) is 0 Å². The lowest BCUT2D eigenvalue weighted by molar-refractivity contribution is 0.226. The van der Waals surface area contributed by atoms with Crippen molar-refractivity contribution in [2.75, 3.05) is 25.9 Å². The summed E-state index contributed by atoms with van der Waals surface area (Å²) in [6, 6.07) is 5.96. The maximum Gasteiger partial charge on any atom is 0.120 e. The Hall–Kier alpha value is -1.22. The number of benzene rings is 1. The predicted molar refractivity (Wildman–Crippen MR) is 82.4 cm³/mol. The minimum Gasteiger partial charge on any atom is -0.497 e. The summed E-state index contributed by atoms with van der Waals surface area (Å²) in [5, 5.41) is 0. The van der Waals surface area contributed by atoms with Crippen LogP contribution < -0.4 is 10.5 Å². The van der Waals surface area contributed by atoms with E-state index < -0.39 is 0 Å². The van der Waals surface area contributed by atoms with E-state index in [0.29, 0.717) is 0 Å². The van der Waals surface area contributed by atoms with Gasteiger partial charge in [0.25, 0.3) is 0 Å². The maximum absolute atomic E-state index is 6.09. The molecule has 2 N–H and O–H groups in total. The van der Waals surface area contributed by atoms with Crippen molar-refractivity contribution in [2.45, 2.75) is 40.2 Å².